The van der Waals surface area contributed by atoms with Gasteiger partial charge in [0.1, 0.15) is 5.82 Å². The summed E-state index contributed by atoms with van der Waals surface area (Å²) in [7, 11) is 0. The summed E-state index contributed by atoms with van der Waals surface area (Å²) in [6, 6.07) is 4.07. The van der Waals surface area contributed by atoms with Crippen molar-refractivity contribution in [3.05, 3.63) is 23.9 Å². The molecule has 0 bridgehead atoms. The standard InChI is InChI=1S/C21H35N3O/c1-19(2,3)24-14-10-21(11-15-24)8-12-23(13-9-21)18-7-6-17(16-22-18)20(4,5)25/h6-7,16,25H,8-15H2,1-5H3. The summed E-state index contributed by atoms with van der Waals surface area (Å²) in [5.41, 5.74) is 0.900. The lowest BCUT2D eigenvalue weighted by atomic mass is 9.70. The molecule has 4 nitrogen and oxygen atoms in total. The molecule has 0 atom stereocenters. The lowest BCUT2D eigenvalue weighted by Gasteiger charge is -2.50. The van der Waals surface area contributed by atoms with Crippen molar-refractivity contribution in [2.45, 2.75) is 71.4 Å². The number of pyridine rings is 1. The van der Waals surface area contributed by atoms with Crippen molar-refractivity contribution in [1.82, 2.24) is 9.88 Å². The zero-order chi connectivity index (χ0) is 18.3. The first kappa shape index (κ1) is 18.7. The molecule has 1 spiro atoms. The van der Waals surface area contributed by atoms with Gasteiger partial charge in [0, 0.05) is 30.4 Å². The van der Waals surface area contributed by atoms with Gasteiger partial charge in [-0.05, 0) is 84.9 Å². The van der Waals surface area contributed by atoms with Gasteiger partial charge >= 0.3 is 0 Å². The Morgan fingerprint density at radius 2 is 1.48 bits per heavy atom. The van der Waals surface area contributed by atoms with E-state index in [-0.39, 0.29) is 0 Å². The summed E-state index contributed by atoms with van der Waals surface area (Å²) in [4.78, 5) is 9.66. The average Bonchev–Trinajstić information content (AvgIpc) is 2.54. The van der Waals surface area contributed by atoms with E-state index in [9.17, 15) is 5.11 Å². The third-order valence-electron chi connectivity index (χ3n) is 6.38. The minimum absolute atomic E-state index is 0.300. The number of aliphatic hydroxyl groups is 1. The Balaban J connectivity index is 1.57. The second-order valence-electron chi connectivity index (χ2n) is 9.61. The van der Waals surface area contributed by atoms with Crippen LogP contribution in [0.25, 0.3) is 0 Å². The molecule has 1 aromatic rings. The SMILES string of the molecule is CC(C)(O)c1ccc(N2CCC3(CC2)CCN(C(C)(C)C)CC3)nc1. The van der Waals surface area contributed by atoms with Crippen molar-refractivity contribution in [1.29, 1.82) is 0 Å². The highest BCUT2D eigenvalue weighted by atomic mass is 16.3. The van der Waals surface area contributed by atoms with Crippen molar-refractivity contribution in [2.24, 2.45) is 5.41 Å². The van der Waals surface area contributed by atoms with Crippen LogP contribution in [0, 0.1) is 5.41 Å². The Morgan fingerprint density at radius 1 is 0.920 bits per heavy atom. The molecule has 2 saturated heterocycles. The number of hydrogen-bond donors (Lipinski definition) is 1. The van der Waals surface area contributed by atoms with E-state index in [1.165, 1.54) is 38.8 Å². The Morgan fingerprint density at radius 3 is 1.92 bits per heavy atom. The molecule has 0 radical (unpaired) electrons. The molecular weight excluding hydrogens is 310 g/mol. The molecule has 2 aliphatic heterocycles. The van der Waals surface area contributed by atoms with E-state index < -0.39 is 5.60 Å². The van der Waals surface area contributed by atoms with Crippen molar-refractivity contribution in [3.8, 4) is 0 Å². The number of rotatable bonds is 2. The van der Waals surface area contributed by atoms with Gasteiger partial charge in [0.15, 0.2) is 0 Å². The molecule has 3 rings (SSSR count). The van der Waals surface area contributed by atoms with E-state index >= 15 is 0 Å². The van der Waals surface area contributed by atoms with Crippen molar-refractivity contribution >= 4 is 5.82 Å². The number of piperidine rings is 2. The van der Waals surface area contributed by atoms with Crippen LogP contribution in [0.1, 0.15) is 65.9 Å². The highest BCUT2D eigenvalue weighted by Gasteiger charge is 2.39. The number of hydrogen-bond acceptors (Lipinski definition) is 4. The van der Waals surface area contributed by atoms with E-state index in [1.54, 1.807) is 13.8 Å². The predicted molar refractivity (Wildman–Crippen MR) is 104 cm³/mol. The third-order valence-corrected chi connectivity index (χ3v) is 6.38. The topological polar surface area (TPSA) is 39.6 Å². The van der Waals surface area contributed by atoms with Crippen LogP contribution in [0.5, 0.6) is 0 Å². The minimum Gasteiger partial charge on any atom is -0.386 e. The quantitative estimate of drug-likeness (QED) is 0.885. The molecule has 0 unspecified atom stereocenters. The summed E-state index contributed by atoms with van der Waals surface area (Å²) in [6.45, 7) is 15.3. The van der Waals surface area contributed by atoms with E-state index in [0.717, 1.165) is 24.5 Å². The molecule has 25 heavy (non-hydrogen) atoms. The summed E-state index contributed by atoms with van der Waals surface area (Å²) < 4.78 is 0. The first-order valence-electron chi connectivity index (χ1n) is 9.78. The summed E-state index contributed by atoms with van der Waals surface area (Å²) in [5, 5.41) is 10.1. The molecular formula is C21H35N3O. The maximum Gasteiger partial charge on any atom is 0.128 e. The zero-order valence-electron chi connectivity index (χ0n) is 16.7. The molecule has 0 amide bonds. The monoisotopic (exact) mass is 345 g/mol. The van der Waals surface area contributed by atoms with Gasteiger partial charge in [-0.3, -0.25) is 4.90 Å². The number of nitrogens with zero attached hydrogens (tertiary/aromatic N) is 3. The van der Waals surface area contributed by atoms with Gasteiger partial charge in [0.2, 0.25) is 0 Å². The zero-order valence-corrected chi connectivity index (χ0v) is 16.7. The highest BCUT2D eigenvalue weighted by Crippen LogP contribution is 2.43. The van der Waals surface area contributed by atoms with Crippen LogP contribution in [0.15, 0.2) is 18.3 Å². The lowest BCUT2D eigenvalue weighted by Crippen LogP contribution is -2.51. The Kier molecular flexibility index (Phi) is 4.89. The molecule has 1 N–H and O–H groups in total. The van der Waals surface area contributed by atoms with Crippen LogP contribution < -0.4 is 4.90 Å². The molecule has 0 saturated carbocycles. The largest absolute Gasteiger partial charge is 0.386 e. The Bertz CT molecular complexity index is 565. The Hall–Kier alpha value is -1.13. The van der Waals surface area contributed by atoms with Crippen LogP contribution in [0.2, 0.25) is 0 Å². The fraction of sp³-hybridized carbons (Fsp3) is 0.762. The first-order chi connectivity index (χ1) is 11.6. The second kappa shape index (κ2) is 6.55. The minimum atomic E-state index is -0.821. The van der Waals surface area contributed by atoms with Crippen LogP contribution in [0.4, 0.5) is 5.82 Å². The maximum atomic E-state index is 10.1. The molecule has 1 aromatic heterocycles. The van der Waals surface area contributed by atoms with Crippen LogP contribution >= 0.6 is 0 Å². The van der Waals surface area contributed by atoms with Gasteiger partial charge in [-0.1, -0.05) is 6.07 Å². The van der Waals surface area contributed by atoms with Crippen molar-refractivity contribution in [2.75, 3.05) is 31.1 Å². The van der Waals surface area contributed by atoms with Crippen LogP contribution in [0.3, 0.4) is 0 Å². The van der Waals surface area contributed by atoms with E-state index in [1.807, 2.05) is 12.3 Å². The van der Waals surface area contributed by atoms with E-state index in [4.69, 9.17) is 0 Å². The molecule has 140 valence electrons. The van der Waals surface area contributed by atoms with Gasteiger partial charge in [0.25, 0.3) is 0 Å². The summed E-state index contributed by atoms with van der Waals surface area (Å²) >= 11 is 0. The molecule has 4 heteroatoms. The lowest BCUT2D eigenvalue weighted by molar-refractivity contribution is 0.0293. The first-order valence-corrected chi connectivity index (χ1v) is 9.78. The summed E-state index contributed by atoms with van der Waals surface area (Å²) in [6.07, 6.45) is 7.05. The van der Waals surface area contributed by atoms with Gasteiger partial charge < -0.3 is 10.0 Å². The second-order valence-corrected chi connectivity index (χ2v) is 9.61. The Labute approximate surface area is 153 Å². The molecule has 0 aliphatic carbocycles. The fourth-order valence-corrected chi connectivity index (χ4v) is 4.30. The van der Waals surface area contributed by atoms with Crippen molar-refractivity contribution in [3.63, 3.8) is 0 Å². The molecule has 2 aliphatic rings. The summed E-state index contributed by atoms with van der Waals surface area (Å²) in [5.74, 6) is 1.05. The molecule has 0 aromatic carbocycles. The van der Waals surface area contributed by atoms with Crippen LogP contribution in [-0.4, -0.2) is 46.7 Å². The van der Waals surface area contributed by atoms with Crippen LogP contribution in [-0.2, 0) is 5.60 Å². The van der Waals surface area contributed by atoms with Gasteiger partial charge in [0.05, 0.1) is 5.60 Å². The smallest absolute Gasteiger partial charge is 0.128 e. The van der Waals surface area contributed by atoms with E-state index in [2.05, 4.69) is 41.6 Å². The van der Waals surface area contributed by atoms with Gasteiger partial charge in [-0.2, -0.15) is 0 Å². The predicted octanol–water partition coefficient (Wildman–Crippen LogP) is 3.79. The number of anilines is 1. The fourth-order valence-electron chi connectivity index (χ4n) is 4.30. The van der Waals surface area contributed by atoms with Crippen molar-refractivity contribution < 1.29 is 5.11 Å². The number of aromatic nitrogens is 1. The highest BCUT2D eigenvalue weighted by molar-refractivity contribution is 5.40. The van der Waals surface area contributed by atoms with Gasteiger partial charge in [-0.25, -0.2) is 4.98 Å². The number of likely N-dealkylation sites (tertiary alicyclic amines) is 1. The molecule has 2 fully saturated rings. The normalized spacial score (nSPS) is 22.4. The molecule has 3 heterocycles. The third kappa shape index (κ3) is 4.17. The van der Waals surface area contributed by atoms with Gasteiger partial charge in [-0.15, -0.1) is 0 Å². The van der Waals surface area contributed by atoms with E-state index in [0.29, 0.717) is 11.0 Å². The maximum absolute atomic E-state index is 10.1. The average molecular weight is 346 g/mol.